The number of aryl methyl sites for hydroxylation is 1. The fourth-order valence-corrected chi connectivity index (χ4v) is 2.12. The second-order valence-electron chi connectivity index (χ2n) is 5.09. The second kappa shape index (κ2) is 10.2. The number of aromatic nitrogens is 3. The number of nitrogens with one attached hydrogen (secondary N) is 1. The van der Waals surface area contributed by atoms with Crippen LogP contribution < -0.4 is 11.1 Å². The zero-order valence-electron chi connectivity index (χ0n) is 13.2. The van der Waals surface area contributed by atoms with Crippen molar-refractivity contribution in [2.24, 2.45) is 11.7 Å². The third-order valence-electron chi connectivity index (χ3n) is 3.60. The third kappa shape index (κ3) is 5.82. The molecule has 3 N–H and O–H groups in total. The fourth-order valence-electron chi connectivity index (χ4n) is 2.12. The van der Waals surface area contributed by atoms with Crippen LogP contribution in [0, 0.1) is 12.8 Å². The van der Waals surface area contributed by atoms with Crippen molar-refractivity contribution in [3.8, 4) is 0 Å². The molecular formula is C15H23Cl2N5O. The van der Waals surface area contributed by atoms with Gasteiger partial charge in [0.15, 0.2) is 0 Å². The van der Waals surface area contributed by atoms with Crippen LogP contribution in [0.15, 0.2) is 36.7 Å². The molecule has 1 amide bonds. The van der Waals surface area contributed by atoms with Crippen LogP contribution in [0.1, 0.15) is 24.4 Å². The third-order valence-corrected chi connectivity index (χ3v) is 3.60. The van der Waals surface area contributed by atoms with Crippen molar-refractivity contribution in [1.82, 2.24) is 20.1 Å². The van der Waals surface area contributed by atoms with Crippen LogP contribution in [0.2, 0.25) is 0 Å². The van der Waals surface area contributed by atoms with Gasteiger partial charge in [0.2, 0.25) is 5.91 Å². The van der Waals surface area contributed by atoms with Gasteiger partial charge in [-0.25, -0.2) is 0 Å². The van der Waals surface area contributed by atoms with Crippen LogP contribution >= 0.6 is 24.8 Å². The molecule has 128 valence electrons. The minimum Gasteiger partial charge on any atom is -0.354 e. The van der Waals surface area contributed by atoms with Gasteiger partial charge < -0.3 is 15.6 Å². The highest BCUT2D eigenvalue weighted by Crippen LogP contribution is 2.18. The standard InChI is InChI=1S/C15H21N5O.2ClH/c1-11(14(16)13-6-4-3-5-7-13)15(21)17-8-9-20-10-18-19-12(20)2;;/h3-7,10-11,14H,8-9,16H2,1-2H3,(H,17,21);2*1H. The molecule has 2 atom stereocenters. The molecule has 0 aliphatic rings. The van der Waals surface area contributed by atoms with E-state index in [1.165, 1.54) is 0 Å². The lowest BCUT2D eigenvalue weighted by Crippen LogP contribution is -2.37. The van der Waals surface area contributed by atoms with E-state index in [-0.39, 0.29) is 42.7 Å². The first-order chi connectivity index (χ1) is 10.1. The fraction of sp³-hybridized carbons (Fsp3) is 0.400. The average Bonchev–Trinajstić information content (AvgIpc) is 2.92. The number of hydrogen-bond acceptors (Lipinski definition) is 4. The average molecular weight is 360 g/mol. The normalized spacial score (nSPS) is 12.5. The van der Waals surface area contributed by atoms with E-state index in [1.54, 1.807) is 6.33 Å². The molecule has 8 heteroatoms. The monoisotopic (exact) mass is 359 g/mol. The molecule has 2 unspecified atom stereocenters. The second-order valence-corrected chi connectivity index (χ2v) is 5.09. The Morgan fingerprint density at radius 1 is 1.30 bits per heavy atom. The van der Waals surface area contributed by atoms with Gasteiger partial charge in [0.25, 0.3) is 0 Å². The molecule has 1 aromatic carbocycles. The molecule has 0 bridgehead atoms. The number of rotatable bonds is 6. The van der Waals surface area contributed by atoms with Crippen LogP contribution in [0.25, 0.3) is 0 Å². The Bertz CT molecular complexity index is 591. The van der Waals surface area contributed by atoms with Crippen LogP contribution in [0.3, 0.4) is 0 Å². The number of nitrogens with zero attached hydrogens (tertiary/aromatic N) is 3. The predicted octanol–water partition coefficient (Wildman–Crippen LogP) is 1.88. The lowest BCUT2D eigenvalue weighted by Gasteiger charge is -2.20. The molecule has 2 aromatic rings. The van der Waals surface area contributed by atoms with Gasteiger partial charge >= 0.3 is 0 Å². The van der Waals surface area contributed by atoms with Gasteiger partial charge in [0.05, 0.1) is 5.92 Å². The number of amides is 1. The maximum absolute atomic E-state index is 12.1. The van der Waals surface area contributed by atoms with Crippen molar-refractivity contribution in [1.29, 1.82) is 0 Å². The first kappa shape index (κ1) is 21.4. The lowest BCUT2D eigenvalue weighted by molar-refractivity contribution is -0.125. The van der Waals surface area contributed by atoms with Crippen molar-refractivity contribution < 1.29 is 4.79 Å². The Hall–Kier alpha value is -1.63. The topological polar surface area (TPSA) is 85.8 Å². The number of halogens is 2. The molecule has 0 radical (unpaired) electrons. The van der Waals surface area contributed by atoms with Crippen LogP contribution in [-0.4, -0.2) is 27.2 Å². The molecule has 0 fully saturated rings. The summed E-state index contributed by atoms with van der Waals surface area (Å²) in [6.45, 7) is 4.90. The van der Waals surface area contributed by atoms with Gasteiger partial charge in [0.1, 0.15) is 12.2 Å². The van der Waals surface area contributed by atoms with Gasteiger partial charge in [-0.15, -0.1) is 35.0 Å². The maximum Gasteiger partial charge on any atom is 0.224 e. The lowest BCUT2D eigenvalue weighted by atomic mass is 9.95. The van der Waals surface area contributed by atoms with Crippen molar-refractivity contribution in [2.45, 2.75) is 26.4 Å². The van der Waals surface area contributed by atoms with E-state index in [2.05, 4.69) is 15.5 Å². The van der Waals surface area contributed by atoms with E-state index in [9.17, 15) is 4.79 Å². The Kier molecular flexibility index (Phi) is 9.48. The highest BCUT2D eigenvalue weighted by atomic mass is 35.5. The summed E-state index contributed by atoms with van der Waals surface area (Å²) in [5.41, 5.74) is 7.11. The van der Waals surface area contributed by atoms with Crippen LogP contribution in [0.4, 0.5) is 0 Å². The Labute approximate surface area is 148 Å². The molecule has 0 spiro atoms. The molecule has 23 heavy (non-hydrogen) atoms. The molecule has 0 saturated carbocycles. The number of hydrogen-bond donors (Lipinski definition) is 2. The molecule has 0 aliphatic heterocycles. The number of benzene rings is 1. The van der Waals surface area contributed by atoms with Gasteiger partial charge in [0, 0.05) is 19.1 Å². The number of carbonyl (C=O) groups is 1. The van der Waals surface area contributed by atoms with Gasteiger partial charge in [-0.2, -0.15) is 0 Å². The van der Waals surface area contributed by atoms with Crippen molar-refractivity contribution >= 4 is 30.7 Å². The molecule has 0 aliphatic carbocycles. The molecule has 1 heterocycles. The number of nitrogens with two attached hydrogens (primary N) is 1. The summed E-state index contributed by atoms with van der Waals surface area (Å²) < 4.78 is 1.89. The smallest absolute Gasteiger partial charge is 0.224 e. The van der Waals surface area contributed by atoms with E-state index >= 15 is 0 Å². The Balaban J connectivity index is 0.00000242. The summed E-state index contributed by atoms with van der Waals surface area (Å²) in [5, 5.41) is 10.6. The Morgan fingerprint density at radius 3 is 2.52 bits per heavy atom. The molecule has 2 rings (SSSR count). The summed E-state index contributed by atoms with van der Waals surface area (Å²) >= 11 is 0. The largest absolute Gasteiger partial charge is 0.354 e. The van der Waals surface area contributed by atoms with Gasteiger partial charge in [-0.1, -0.05) is 37.3 Å². The minimum absolute atomic E-state index is 0. The first-order valence-corrected chi connectivity index (χ1v) is 7.02. The highest BCUT2D eigenvalue weighted by molar-refractivity contribution is 5.85. The van der Waals surface area contributed by atoms with Crippen molar-refractivity contribution in [3.05, 3.63) is 48.0 Å². The van der Waals surface area contributed by atoms with E-state index in [0.29, 0.717) is 13.1 Å². The Morgan fingerprint density at radius 2 is 1.96 bits per heavy atom. The summed E-state index contributed by atoms with van der Waals surface area (Å²) in [4.78, 5) is 12.1. The number of carbonyl (C=O) groups excluding carboxylic acids is 1. The zero-order chi connectivity index (χ0) is 15.2. The van der Waals surface area contributed by atoms with Crippen molar-refractivity contribution in [3.63, 3.8) is 0 Å². The SMILES string of the molecule is Cc1nncn1CCNC(=O)C(C)C(N)c1ccccc1.Cl.Cl. The van der Waals surface area contributed by atoms with Crippen LogP contribution in [0.5, 0.6) is 0 Å². The molecule has 6 nitrogen and oxygen atoms in total. The van der Waals surface area contributed by atoms with E-state index in [1.807, 2.05) is 48.7 Å². The van der Waals surface area contributed by atoms with E-state index in [4.69, 9.17) is 5.73 Å². The molecule has 0 saturated heterocycles. The maximum atomic E-state index is 12.1. The summed E-state index contributed by atoms with van der Waals surface area (Å²) in [7, 11) is 0. The zero-order valence-corrected chi connectivity index (χ0v) is 14.8. The molecular weight excluding hydrogens is 337 g/mol. The predicted molar refractivity (Wildman–Crippen MR) is 94.8 cm³/mol. The summed E-state index contributed by atoms with van der Waals surface area (Å²) in [6.07, 6.45) is 1.65. The summed E-state index contributed by atoms with van der Waals surface area (Å²) in [6, 6.07) is 9.36. The first-order valence-electron chi connectivity index (χ1n) is 7.02. The van der Waals surface area contributed by atoms with E-state index < -0.39 is 0 Å². The van der Waals surface area contributed by atoms with Gasteiger partial charge in [-0.3, -0.25) is 4.79 Å². The summed E-state index contributed by atoms with van der Waals surface area (Å²) in [5.74, 6) is 0.504. The quantitative estimate of drug-likeness (QED) is 0.824. The molecule has 1 aromatic heterocycles. The van der Waals surface area contributed by atoms with Gasteiger partial charge in [-0.05, 0) is 12.5 Å². The van der Waals surface area contributed by atoms with E-state index in [0.717, 1.165) is 11.4 Å². The highest BCUT2D eigenvalue weighted by Gasteiger charge is 2.21. The van der Waals surface area contributed by atoms with Crippen LogP contribution in [-0.2, 0) is 11.3 Å². The minimum atomic E-state index is -0.303. The van der Waals surface area contributed by atoms with Crippen molar-refractivity contribution in [2.75, 3.05) is 6.54 Å².